The molecule has 4 nitrogen and oxygen atoms in total. The zero-order valence-corrected chi connectivity index (χ0v) is 12.1. The molecule has 0 fully saturated rings. The molecule has 19 heavy (non-hydrogen) atoms. The molecule has 2 N–H and O–H groups in total. The van der Waals surface area contributed by atoms with Gasteiger partial charge in [0.25, 0.3) is 0 Å². The summed E-state index contributed by atoms with van der Waals surface area (Å²) in [6.45, 7) is 6.65. The van der Waals surface area contributed by atoms with Crippen LogP contribution in [0.1, 0.15) is 25.8 Å². The molecule has 1 unspecified atom stereocenters. The van der Waals surface area contributed by atoms with E-state index >= 15 is 0 Å². The third kappa shape index (κ3) is 5.49. The summed E-state index contributed by atoms with van der Waals surface area (Å²) in [5.74, 6) is 2.03. The molecule has 0 amide bonds. The number of aliphatic hydroxyl groups excluding tert-OH is 1. The number of aliphatic hydroxyl groups is 1. The predicted octanol–water partition coefficient (Wildman–Crippen LogP) is 2.20. The highest BCUT2D eigenvalue weighted by Crippen LogP contribution is 2.27. The van der Waals surface area contributed by atoms with Gasteiger partial charge in [0.2, 0.25) is 0 Å². The fourth-order valence-electron chi connectivity index (χ4n) is 1.88. The molecule has 0 aliphatic rings. The Hall–Kier alpha value is -1.26. The molecule has 0 heterocycles. The zero-order chi connectivity index (χ0) is 14.1. The molecule has 0 radical (unpaired) electrons. The maximum atomic E-state index is 8.85. The molecule has 0 saturated heterocycles. The molecule has 0 spiro atoms. The summed E-state index contributed by atoms with van der Waals surface area (Å²) in [7, 11) is 1.65. The van der Waals surface area contributed by atoms with Crippen LogP contribution in [0.4, 0.5) is 0 Å². The van der Waals surface area contributed by atoms with Crippen LogP contribution < -0.4 is 14.8 Å². The van der Waals surface area contributed by atoms with Gasteiger partial charge in [-0.05, 0) is 43.5 Å². The molecule has 0 bridgehead atoms. The lowest BCUT2D eigenvalue weighted by Gasteiger charge is -2.13. The van der Waals surface area contributed by atoms with Crippen molar-refractivity contribution in [3.8, 4) is 11.5 Å². The van der Waals surface area contributed by atoms with Crippen molar-refractivity contribution in [1.29, 1.82) is 0 Å². The number of hydrogen-bond donors (Lipinski definition) is 2. The largest absolute Gasteiger partial charge is 0.493 e. The Balaban J connectivity index is 2.52. The standard InChI is InChI=1S/C15H25NO3/c1-4-19-15-9-13(5-6-14(15)18-3)11-16-10-12(2)7-8-17/h5-6,9,12,16-17H,4,7-8,10-11H2,1-3H3. The maximum absolute atomic E-state index is 8.85. The van der Waals surface area contributed by atoms with E-state index in [1.807, 2.05) is 25.1 Å². The lowest BCUT2D eigenvalue weighted by Crippen LogP contribution is -2.21. The molecule has 1 atom stereocenters. The maximum Gasteiger partial charge on any atom is 0.161 e. The first-order valence-electron chi connectivity index (χ1n) is 6.82. The Morgan fingerprint density at radius 3 is 2.74 bits per heavy atom. The summed E-state index contributed by atoms with van der Waals surface area (Å²) in [6, 6.07) is 5.97. The Morgan fingerprint density at radius 2 is 2.11 bits per heavy atom. The van der Waals surface area contributed by atoms with Gasteiger partial charge in [-0.25, -0.2) is 0 Å². The van der Waals surface area contributed by atoms with Gasteiger partial charge in [-0.2, -0.15) is 0 Å². The molecular formula is C15H25NO3. The highest BCUT2D eigenvalue weighted by Gasteiger charge is 2.06. The minimum atomic E-state index is 0.250. The smallest absolute Gasteiger partial charge is 0.161 e. The van der Waals surface area contributed by atoms with E-state index in [4.69, 9.17) is 14.6 Å². The first kappa shape index (κ1) is 15.8. The second-order valence-corrected chi connectivity index (χ2v) is 4.67. The molecule has 0 aliphatic carbocycles. The zero-order valence-electron chi connectivity index (χ0n) is 12.1. The van der Waals surface area contributed by atoms with Crippen molar-refractivity contribution in [2.24, 2.45) is 5.92 Å². The van der Waals surface area contributed by atoms with Crippen LogP contribution in [0.15, 0.2) is 18.2 Å². The van der Waals surface area contributed by atoms with Crippen molar-refractivity contribution in [2.75, 3.05) is 26.9 Å². The van der Waals surface area contributed by atoms with E-state index in [2.05, 4.69) is 12.2 Å². The monoisotopic (exact) mass is 267 g/mol. The first-order valence-corrected chi connectivity index (χ1v) is 6.82. The molecule has 0 saturated carbocycles. The lowest BCUT2D eigenvalue weighted by molar-refractivity contribution is 0.260. The van der Waals surface area contributed by atoms with Gasteiger partial charge in [0.15, 0.2) is 11.5 Å². The Labute approximate surface area is 115 Å². The SMILES string of the molecule is CCOc1cc(CNCC(C)CCO)ccc1OC. The molecule has 108 valence electrons. The van der Waals surface area contributed by atoms with Crippen LogP contribution in [-0.2, 0) is 6.54 Å². The molecule has 1 aromatic carbocycles. The van der Waals surface area contributed by atoms with E-state index in [0.717, 1.165) is 31.0 Å². The number of nitrogens with one attached hydrogen (secondary N) is 1. The summed E-state index contributed by atoms with van der Waals surface area (Å²) in [4.78, 5) is 0. The van der Waals surface area contributed by atoms with Crippen LogP contribution in [0, 0.1) is 5.92 Å². The van der Waals surface area contributed by atoms with E-state index in [-0.39, 0.29) is 6.61 Å². The quantitative estimate of drug-likeness (QED) is 0.720. The molecule has 0 aromatic heterocycles. The van der Waals surface area contributed by atoms with Crippen LogP contribution in [0.25, 0.3) is 0 Å². The third-order valence-corrected chi connectivity index (χ3v) is 2.97. The average Bonchev–Trinajstić information content (AvgIpc) is 2.40. The van der Waals surface area contributed by atoms with Crippen LogP contribution in [0.2, 0.25) is 0 Å². The van der Waals surface area contributed by atoms with Gasteiger partial charge >= 0.3 is 0 Å². The predicted molar refractivity (Wildman–Crippen MR) is 76.7 cm³/mol. The molecule has 4 heteroatoms. The minimum Gasteiger partial charge on any atom is -0.493 e. The summed E-state index contributed by atoms with van der Waals surface area (Å²) >= 11 is 0. The van der Waals surface area contributed by atoms with Gasteiger partial charge in [0.1, 0.15) is 0 Å². The number of benzene rings is 1. The van der Waals surface area contributed by atoms with Gasteiger partial charge < -0.3 is 19.9 Å². The molecule has 0 aliphatic heterocycles. The van der Waals surface area contributed by atoms with E-state index in [0.29, 0.717) is 12.5 Å². The van der Waals surface area contributed by atoms with Crippen molar-refractivity contribution in [3.05, 3.63) is 23.8 Å². The summed E-state index contributed by atoms with van der Waals surface area (Å²) in [5, 5.41) is 12.2. The number of ether oxygens (including phenoxy) is 2. The second-order valence-electron chi connectivity index (χ2n) is 4.67. The van der Waals surface area contributed by atoms with Crippen molar-refractivity contribution in [3.63, 3.8) is 0 Å². The highest BCUT2D eigenvalue weighted by molar-refractivity contribution is 5.42. The minimum absolute atomic E-state index is 0.250. The van der Waals surface area contributed by atoms with Gasteiger partial charge in [-0.15, -0.1) is 0 Å². The fourth-order valence-corrected chi connectivity index (χ4v) is 1.88. The lowest BCUT2D eigenvalue weighted by atomic mass is 10.1. The number of rotatable bonds is 9. The van der Waals surface area contributed by atoms with Gasteiger partial charge in [0, 0.05) is 13.2 Å². The first-order chi connectivity index (χ1) is 9.21. The summed E-state index contributed by atoms with van der Waals surface area (Å²) < 4.78 is 10.8. The average molecular weight is 267 g/mol. The second kappa shape index (κ2) is 8.77. The fraction of sp³-hybridized carbons (Fsp3) is 0.600. The Morgan fingerprint density at radius 1 is 1.32 bits per heavy atom. The van der Waals surface area contributed by atoms with Gasteiger partial charge in [0.05, 0.1) is 13.7 Å². The molecule has 1 aromatic rings. The van der Waals surface area contributed by atoms with Gasteiger partial charge in [-0.1, -0.05) is 13.0 Å². The molecular weight excluding hydrogens is 242 g/mol. The number of methoxy groups -OCH3 is 1. The van der Waals surface area contributed by atoms with Gasteiger partial charge in [-0.3, -0.25) is 0 Å². The van der Waals surface area contributed by atoms with Crippen LogP contribution in [0.5, 0.6) is 11.5 Å². The van der Waals surface area contributed by atoms with Crippen molar-refractivity contribution < 1.29 is 14.6 Å². The normalized spacial score (nSPS) is 12.2. The van der Waals surface area contributed by atoms with Crippen LogP contribution >= 0.6 is 0 Å². The van der Waals surface area contributed by atoms with Crippen molar-refractivity contribution >= 4 is 0 Å². The van der Waals surface area contributed by atoms with E-state index in [1.165, 1.54) is 5.56 Å². The van der Waals surface area contributed by atoms with E-state index < -0.39 is 0 Å². The molecule has 1 rings (SSSR count). The van der Waals surface area contributed by atoms with Crippen molar-refractivity contribution in [2.45, 2.75) is 26.8 Å². The summed E-state index contributed by atoms with van der Waals surface area (Å²) in [6.07, 6.45) is 0.833. The number of hydrogen-bond acceptors (Lipinski definition) is 4. The van der Waals surface area contributed by atoms with E-state index in [9.17, 15) is 0 Å². The van der Waals surface area contributed by atoms with Crippen molar-refractivity contribution in [1.82, 2.24) is 5.32 Å². The third-order valence-electron chi connectivity index (χ3n) is 2.97. The van der Waals surface area contributed by atoms with Crippen LogP contribution in [-0.4, -0.2) is 32.0 Å². The Kier molecular flexibility index (Phi) is 7.30. The highest BCUT2D eigenvalue weighted by atomic mass is 16.5. The van der Waals surface area contributed by atoms with Crippen LogP contribution in [0.3, 0.4) is 0 Å². The summed E-state index contributed by atoms with van der Waals surface area (Å²) in [5.41, 5.74) is 1.17. The van der Waals surface area contributed by atoms with E-state index in [1.54, 1.807) is 7.11 Å². The Bertz CT molecular complexity index is 368. The topological polar surface area (TPSA) is 50.7 Å².